The third-order valence-corrected chi connectivity index (χ3v) is 0. The summed E-state index contributed by atoms with van der Waals surface area (Å²) >= 11 is 0.438. The zero-order valence-electron chi connectivity index (χ0n) is 2.27. The second-order valence-electron chi connectivity index (χ2n) is 0. The van der Waals surface area contributed by atoms with Gasteiger partial charge in [-0.25, -0.2) is 0 Å². The van der Waals surface area contributed by atoms with Crippen LogP contribution in [0.15, 0.2) is 0 Å². The van der Waals surface area contributed by atoms with Crippen LogP contribution >= 0.6 is 0 Å². The first-order valence-corrected chi connectivity index (χ1v) is 0.972. The van der Waals surface area contributed by atoms with Gasteiger partial charge in [-0.15, -0.1) is 0 Å². The minimum absolute atomic E-state index is 0. The molecule has 0 atom stereocenters. The maximum absolute atomic E-state index is 8.31. The van der Waals surface area contributed by atoms with E-state index < -0.39 is 0 Å². The molecule has 4 heteroatoms. The summed E-state index contributed by atoms with van der Waals surface area (Å²) < 4.78 is 8.31. The molecule has 0 saturated heterocycles. The van der Waals surface area contributed by atoms with Crippen LogP contribution in [0.4, 0.5) is 0 Å². The van der Waals surface area contributed by atoms with Crippen molar-refractivity contribution in [2.24, 2.45) is 0 Å². The molecule has 0 aromatic heterocycles. The first-order valence-electron chi connectivity index (χ1n) is 0.236. The second kappa shape index (κ2) is 17.9. The fourth-order valence-corrected chi connectivity index (χ4v) is 0. The average Bonchev–Trinajstić information content (AvgIpc) is 1.00. The Bertz CT molecular complexity index is 6.00. The van der Waals surface area contributed by atoms with E-state index in [0.29, 0.717) is 24.4 Å². The molecule has 1 nitrogen and oxygen atoms in total. The van der Waals surface area contributed by atoms with Gasteiger partial charge in [-0.2, -0.15) is 0 Å². The van der Waals surface area contributed by atoms with E-state index in [1.54, 1.807) is 0 Å². The minimum Gasteiger partial charge on any atom is 0 e. The monoisotopic (exact) mass is 316 g/mol. The Balaban J connectivity index is -0.00000000500. The average molecular weight is 315 g/mol. The summed E-state index contributed by atoms with van der Waals surface area (Å²) in [5, 5.41) is 0. The third kappa shape index (κ3) is 8.82. The molecule has 0 aromatic carbocycles. The first-order chi connectivity index (χ1) is 1.00. The van der Waals surface area contributed by atoms with E-state index in [-0.39, 0.29) is 53.1 Å². The van der Waals surface area contributed by atoms with Crippen LogP contribution in [0, 0.1) is 0 Å². The Labute approximate surface area is 78.9 Å². The fraction of sp³-hybridized carbons (Fsp3) is 0. The van der Waals surface area contributed by atoms with Crippen molar-refractivity contribution in [1.29, 1.82) is 0 Å². The normalized spacial score (nSPS) is 1.50. The molecule has 0 heterocycles. The van der Waals surface area contributed by atoms with Crippen molar-refractivity contribution in [3.8, 4) is 0 Å². The standard InChI is InChI=1S/O.Pb.2Sc.2H. The van der Waals surface area contributed by atoms with E-state index in [1.807, 2.05) is 0 Å². The van der Waals surface area contributed by atoms with E-state index in [0.717, 1.165) is 0 Å². The molecule has 0 amide bonds. The van der Waals surface area contributed by atoms with Gasteiger partial charge in [0.05, 0.1) is 0 Å². The van der Waals surface area contributed by atoms with E-state index in [2.05, 4.69) is 0 Å². The smallest absolute Gasteiger partial charge is 0 e. The van der Waals surface area contributed by atoms with Gasteiger partial charge < -0.3 is 0 Å². The largest absolute Gasteiger partial charge is 0 e. The van der Waals surface area contributed by atoms with E-state index in [4.69, 9.17) is 2.85 Å². The predicted octanol–water partition coefficient (Wildman–Crippen LogP) is -1.04. The molecular formula is H2OPbSc2. The van der Waals surface area contributed by atoms with Crippen molar-refractivity contribution in [2.75, 3.05) is 0 Å². The van der Waals surface area contributed by atoms with Crippen LogP contribution in [0.25, 0.3) is 0 Å². The van der Waals surface area contributed by atoms with Crippen molar-refractivity contribution in [1.82, 2.24) is 0 Å². The fourth-order valence-electron chi connectivity index (χ4n) is 0. The van der Waals surface area contributed by atoms with E-state index in [1.165, 1.54) is 0 Å². The van der Waals surface area contributed by atoms with Gasteiger partial charge in [0.15, 0.2) is 0 Å². The van der Waals surface area contributed by atoms with Gasteiger partial charge in [0.1, 0.15) is 0 Å². The maximum atomic E-state index is 8.31. The summed E-state index contributed by atoms with van der Waals surface area (Å²) in [7, 11) is 0. The van der Waals surface area contributed by atoms with E-state index in [9.17, 15) is 0 Å². The van der Waals surface area contributed by atoms with Gasteiger partial charge in [-0.1, -0.05) is 0 Å². The van der Waals surface area contributed by atoms with Gasteiger partial charge in [0.2, 0.25) is 0 Å². The number of hydrogen-bond acceptors (Lipinski definition) is 1. The van der Waals surface area contributed by atoms with Crippen LogP contribution in [0.5, 0.6) is 0 Å². The Hall–Kier alpha value is 2.46. The van der Waals surface area contributed by atoms with Gasteiger partial charge in [-0.05, 0) is 0 Å². The number of hydrogen-bond donors (Lipinski definition) is 0. The van der Waals surface area contributed by atoms with Gasteiger partial charge in [0.25, 0.3) is 0 Å². The molecule has 0 aliphatic carbocycles. The molecule has 0 aromatic rings. The Morgan fingerprint density at radius 1 is 1.25 bits per heavy atom. The van der Waals surface area contributed by atoms with Crippen LogP contribution in [0.2, 0.25) is 0 Å². The van der Waals surface area contributed by atoms with Crippen molar-refractivity contribution < 1.29 is 53.1 Å². The van der Waals surface area contributed by atoms with Gasteiger partial charge in [-0.3, -0.25) is 0 Å². The topological polar surface area (TPSA) is 17.1 Å². The zero-order valence-corrected chi connectivity index (χ0v) is 11.4. The second-order valence-corrected chi connectivity index (χ2v) is 0. The molecule has 0 aliphatic heterocycles. The van der Waals surface area contributed by atoms with E-state index >= 15 is 0 Å². The Morgan fingerprint density at radius 2 is 1.25 bits per heavy atom. The van der Waals surface area contributed by atoms with Crippen molar-refractivity contribution in [3.63, 3.8) is 0 Å². The zero-order chi connectivity index (χ0) is 2.00. The molecule has 0 fully saturated rings. The molecule has 0 bridgehead atoms. The molecule has 0 unspecified atom stereocenters. The van der Waals surface area contributed by atoms with Crippen LogP contribution in [0.3, 0.4) is 0 Å². The van der Waals surface area contributed by atoms with Crippen molar-refractivity contribution in [2.45, 2.75) is 0 Å². The molecule has 18 valence electrons. The molecule has 0 rings (SSSR count). The number of rotatable bonds is 0. The molecular weight excluding hydrogens is 313 g/mol. The molecule has 4 heavy (non-hydrogen) atoms. The minimum atomic E-state index is 0. The third-order valence-electron chi connectivity index (χ3n) is 0. The maximum Gasteiger partial charge on any atom is 0 e. The van der Waals surface area contributed by atoms with Crippen molar-refractivity contribution in [3.05, 3.63) is 0 Å². The first kappa shape index (κ1) is 16.1. The van der Waals surface area contributed by atoms with Crippen LogP contribution in [-0.2, 0) is 53.1 Å². The Morgan fingerprint density at radius 3 is 1.25 bits per heavy atom. The Kier molecular flexibility index (Phi) is 72.1. The molecule has 3 radical (unpaired) electrons. The quantitative estimate of drug-likeness (QED) is 0.522. The SMILES string of the molecule is [O]=[Sc].[PbH2].[Sc]. The summed E-state index contributed by atoms with van der Waals surface area (Å²) in [6.07, 6.45) is 0. The predicted molar refractivity (Wildman–Crippen MR) is 9.23 cm³/mol. The van der Waals surface area contributed by atoms with Gasteiger partial charge >= 0.3 is 54.5 Å². The summed E-state index contributed by atoms with van der Waals surface area (Å²) in [5.41, 5.74) is 0. The van der Waals surface area contributed by atoms with Crippen LogP contribution in [-0.4, -0.2) is 27.3 Å². The summed E-state index contributed by atoms with van der Waals surface area (Å²) in [4.78, 5) is 0. The molecule has 0 aliphatic rings. The van der Waals surface area contributed by atoms with Crippen molar-refractivity contribution >= 4 is 27.3 Å². The van der Waals surface area contributed by atoms with Crippen LogP contribution in [0.1, 0.15) is 0 Å². The molecule has 0 saturated carbocycles. The van der Waals surface area contributed by atoms with Crippen LogP contribution < -0.4 is 0 Å². The molecule has 0 N–H and O–H groups in total. The molecule has 0 spiro atoms. The van der Waals surface area contributed by atoms with Gasteiger partial charge in [0, 0.05) is 25.8 Å². The summed E-state index contributed by atoms with van der Waals surface area (Å²) in [5.74, 6) is 0. The summed E-state index contributed by atoms with van der Waals surface area (Å²) in [6, 6.07) is 0. The summed E-state index contributed by atoms with van der Waals surface area (Å²) in [6.45, 7) is 0.